The molecular weight excluding hydrogens is 254 g/mol. The number of rotatable bonds is 3. The van der Waals surface area contributed by atoms with Crippen LogP contribution in [0.1, 0.15) is 11.1 Å². The van der Waals surface area contributed by atoms with E-state index in [1.807, 2.05) is 12.1 Å². The molecule has 1 aliphatic heterocycles. The molecular formula is C13H16ClNO3. The third kappa shape index (κ3) is 2.25. The predicted octanol–water partition coefficient (Wildman–Crippen LogP) is 1.83. The largest absolute Gasteiger partial charge is 0.493 e. The molecule has 1 amide bonds. The van der Waals surface area contributed by atoms with Crippen molar-refractivity contribution in [2.45, 2.75) is 13.0 Å². The molecule has 98 valence electrons. The minimum absolute atomic E-state index is 0.0304. The SMILES string of the molecule is COc1ccc2c(c1OC)CCN(C(=O)CCl)C2. The Kier molecular flexibility index (Phi) is 3.97. The maximum atomic E-state index is 11.6. The van der Waals surface area contributed by atoms with Crippen molar-refractivity contribution in [3.05, 3.63) is 23.3 Å². The Balaban J connectivity index is 2.32. The lowest BCUT2D eigenvalue weighted by atomic mass is 9.98. The maximum Gasteiger partial charge on any atom is 0.237 e. The summed E-state index contributed by atoms with van der Waals surface area (Å²) >= 11 is 5.58. The second-order valence-electron chi connectivity index (χ2n) is 4.14. The lowest BCUT2D eigenvalue weighted by molar-refractivity contribution is -0.129. The Labute approximate surface area is 111 Å². The summed E-state index contributed by atoms with van der Waals surface area (Å²) in [5.74, 6) is 1.50. The van der Waals surface area contributed by atoms with E-state index in [-0.39, 0.29) is 11.8 Å². The average molecular weight is 270 g/mol. The number of amides is 1. The zero-order valence-electron chi connectivity index (χ0n) is 10.5. The smallest absolute Gasteiger partial charge is 0.237 e. The van der Waals surface area contributed by atoms with Gasteiger partial charge in [-0.05, 0) is 18.1 Å². The van der Waals surface area contributed by atoms with Gasteiger partial charge in [0.05, 0.1) is 14.2 Å². The summed E-state index contributed by atoms with van der Waals surface area (Å²) in [6.07, 6.45) is 0.762. The molecule has 0 aliphatic carbocycles. The van der Waals surface area contributed by atoms with E-state index in [1.165, 1.54) is 0 Å². The van der Waals surface area contributed by atoms with Crippen LogP contribution in [0.4, 0.5) is 0 Å². The zero-order chi connectivity index (χ0) is 13.1. The van der Waals surface area contributed by atoms with Gasteiger partial charge in [-0.25, -0.2) is 0 Å². The Bertz CT molecular complexity index is 462. The van der Waals surface area contributed by atoms with E-state index >= 15 is 0 Å². The fourth-order valence-electron chi connectivity index (χ4n) is 2.28. The van der Waals surface area contributed by atoms with Gasteiger partial charge in [0.1, 0.15) is 5.88 Å². The van der Waals surface area contributed by atoms with Gasteiger partial charge < -0.3 is 14.4 Å². The van der Waals surface area contributed by atoms with Crippen molar-refractivity contribution in [1.29, 1.82) is 0 Å². The summed E-state index contributed by atoms with van der Waals surface area (Å²) in [6.45, 7) is 1.25. The van der Waals surface area contributed by atoms with Crippen LogP contribution in [0.25, 0.3) is 0 Å². The number of nitrogens with zero attached hydrogens (tertiary/aromatic N) is 1. The van der Waals surface area contributed by atoms with Gasteiger partial charge in [0.15, 0.2) is 11.5 Å². The monoisotopic (exact) mass is 269 g/mol. The molecule has 0 saturated carbocycles. The molecule has 1 aliphatic rings. The summed E-state index contributed by atoms with van der Waals surface area (Å²) in [4.78, 5) is 13.4. The number of halogens is 1. The number of alkyl halides is 1. The van der Waals surface area contributed by atoms with Crippen LogP contribution >= 0.6 is 11.6 Å². The Morgan fingerprint density at radius 3 is 2.78 bits per heavy atom. The number of hydrogen-bond acceptors (Lipinski definition) is 3. The van der Waals surface area contributed by atoms with Crippen molar-refractivity contribution in [2.75, 3.05) is 26.6 Å². The van der Waals surface area contributed by atoms with Crippen LogP contribution in [0.5, 0.6) is 11.5 Å². The first kappa shape index (κ1) is 13.0. The Morgan fingerprint density at radius 1 is 1.39 bits per heavy atom. The van der Waals surface area contributed by atoms with E-state index in [0.29, 0.717) is 13.1 Å². The molecule has 1 aromatic rings. The lowest BCUT2D eigenvalue weighted by Crippen LogP contribution is -2.36. The fourth-order valence-corrected chi connectivity index (χ4v) is 2.45. The van der Waals surface area contributed by atoms with Gasteiger partial charge in [0, 0.05) is 18.7 Å². The molecule has 0 atom stereocenters. The molecule has 0 fully saturated rings. The summed E-state index contributed by atoms with van der Waals surface area (Å²) in [6, 6.07) is 3.84. The number of carbonyl (C=O) groups excluding carboxylic acids is 1. The highest BCUT2D eigenvalue weighted by atomic mass is 35.5. The van der Waals surface area contributed by atoms with E-state index in [0.717, 1.165) is 29.0 Å². The molecule has 1 heterocycles. The van der Waals surface area contributed by atoms with Gasteiger partial charge in [-0.2, -0.15) is 0 Å². The number of hydrogen-bond donors (Lipinski definition) is 0. The molecule has 0 unspecified atom stereocenters. The fraction of sp³-hybridized carbons (Fsp3) is 0.462. The molecule has 0 bridgehead atoms. The molecule has 1 aromatic carbocycles. The molecule has 0 radical (unpaired) electrons. The van der Waals surface area contributed by atoms with Gasteiger partial charge in [0.25, 0.3) is 0 Å². The molecule has 4 nitrogen and oxygen atoms in total. The standard InChI is InChI=1S/C13H16ClNO3/c1-17-11-4-3-9-8-15(12(16)7-14)6-5-10(9)13(11)18-2/h3-4H,5-8H2,1-2H3. The number of methoxy groups -OCH3 is 2. The van der Waals surface area contributed by atoms with E-state index in [4.69, 9.17) is 21.1 Å². The van der Waals surface area contributed by atoms with Crippen molar-refractivity contribution in [3.63, 3.8) is 0 Å². The van der Waals surface area contributed by atoms with Crippen LogP contribution in [0.2, 0.25) is 0 Å². The first-order valence-corrected chi connectivity index (χ1v) is 6.31. The van der Waals surface area contributed by atoms with Crippen molar-refractivity contribution < 1.29 is 14.3 Å². The first-order chi connectivity index (χ1) is 8.71. The lowest BCUT2D eigenvalue weighted by Gasteiger charge is -2.29. The highest BCUT2D eigenvalue weighted by Crippen LogP contribution is 2.36. The van der Waals surface area contributed by atoms with Crippen LogP contribution in [-0.2, 0) is 17.8 Å². The van der Waals surface area contributed by atoms with Gasteiger partial charge in [-0.3, -0.25) is 4.79 Å². The second-order valence-corrected chi connectivity index (χ2v) is 4.40. The van der Waals surface area contributed by atoms with E-state index in [2.05, 4.69) is 0 Å². The Hall–Kier alpha value is -1.42. The van der Waals surface area contributed by atoms with Gasteiger partial charge in [-0.1, -0.05) is 6.07 Å². The van der Waals surface area contributed by atoms with Gasteiger partial charge in [0.2, 0.25) is 5.91 Å². The number of carbonyl (C=O) groups is 1. The minimum atomic E-state index is -0.0305. The first-order valence-electron chi connectivity index (χ1n) is 5.77. The predicted molar refractivity (Wildman–Crippen MR) is 69.4 cm³/mol. The summed E-state index contributed by atoms with van der Waals surface area (Å²) < 4.78 is 10.7. The highest BCUT2D eigenvalue weighted by Gasteiger charge is 2.24. The minimum Gasteiger partial charge on any atom is -0.493 e. The summed E-state index contributed by atoms with van der Waals surface area (Å²) in [7, 11) is 3.25. The number of fused-ring (bicyclic) bond motifs is 1. The molecule has 18 heavy (non-hydrogen) atoms. The summed E-state index contributed by atoms with van der Waals surface area (Å²) in [5.41, 5.74) is 2.22. The third-order valence-corrected chi connectivity index (χ3v) is 3.43. The zero-order valence-corrected chi connectivity index (χ0v) is 11.3. The quantitative estimate of drug-likeness (QED) is 0.786. The molecule has 0 N–H and O–H groups in total. The topological polar surface area (TPSA) is 38.8 Å². The van der Waals surface area contributed by atoms with Gasteiger partial charge in [-0.15, -0.1) is 11.6 Å². The van der Waals surface area contributed by atoms with Crippen LogP contribution in [0, 0.1) is 0 Å². The molecule has 0 spiro atoms. The number of benzene rings is 1. The molecule has 2 rings (SSSR count). The van der Waals surface area contributed by atoms with Crippen molar-refractivity contribution in [3.8, 4) is 11.5 Å². The highest BCUT2D eigenvalue weighted by molar-refractivity contribution is 6.27. The molecule has 5 heteroatoms. The van der Waals surface area contributed by atoms with Crippen molar-refractivity contribution in [1.82, 2.24) is 4.90 Å². The maximum absolute atomic E-state index is 11.6. The van der Waals surface area contributed by atoms with E-state index in [1.54, 1.807) is 19.1 Å². The van der Waals surface area contributed by atoms with Crippen LogP contribution in [0.3, 0.4) is 0 Å². The van der Waals surface area contributed by atoms with Crippen LogP contribution in [0.15, 0.2) is 12.1 Å². The van der Waals surface area contributed by atoms with Crippen LogP contribution in [-0.4, -0.2) is 37.5 Å². The molecule has 0 saturated heterocycles. The third-order valence-electron chi connectivity index (χ3n) is 3.21. The van der Waals surface area contributed by atoms with Gasteiger partial charge >= 0.3 is 0 Å². The average Bonchev–Trinajstić information content (AvgIpc) is 2.44. The Morgan fingerprint density at radius 2 is 2.17 bits per heavy atom. The van der Waals surface area contributed by atoms with E-state index < -0.39 is 0 Å². The normalized spacial score (nSPS) is 14.1. The molecule has 0 aromatic heterocycles. The van der Waals surface area contributed by atoms with E-state index in [9.17, 15) is 4.79 Å². The van der Waals surface area contributed by atoms with Crippen molar-refractivity contribution >= 4 is 17.5 Å². The second kappa shape index (κ2) is 5.48. The van der Waals surface area contributed by atoms with Crippen LogP contribution < -0.4 is 9.47 Å². The summed E-state index contributed by atoms with van der Waals surface area (Å²) in [5, 5.41) is 0. The number of ether oxygens (including phenoxy) is 2. The van der Waals surface area contributed by atoms with Crippen molar-refractivity contribution in [2.24, 2.45) is 0 Å².